The smallest absolute Gasteiger partial charge is 0.132 e. The van der Waals surface area contributed by atoms with Crippen molar-refractivity contribution < 1.29 is 4.74 Å². The Bertz CT molecular complexity index is 3520. The van der Waals surface area contributed by atoms with E-state index in [1.165, 1.54) is 81.0 Å². The van der Waals surface area contributed by atoms with E-state index in [1.54, 1.807) is 0 Å². The van der Waals surface area contributed by atoms with Gasteiger partial charge in [0.15, 0.2) is 0 Å². The molecular weight excluding hydrogens is 771 g/mol. The van der Waals surface area contributed by atoms with Crippen LogP contribution < -0.4 is 9.64 Å². The van der Waals surface area contributed by atoms with Crippen molar-refractivity contribution in [2.24, 2.45) is 0 Å². The fraction of sp³-hybridized carbons (Fsp3) is 0.0169. The number of anilines is 3. The number of ether oxygens (including phenoxy) is 1. The fourth-order valence-corrected chi connectivity index (χ4v) is 11.6. The first kappa shape index (κ1) is 35.1. The molecule has 0 N–H and O–H groups in total. The highest BCUT2D eigenvalue weighted by molar-refractivity contribution is 7.26. The van der Waals surface area contributed by atoms with Gasteiger partial charge >= 0.3 is 0 Å². The highest BCUT2D eigenvalue weighted by atomic mass is 32.1. The lowest BCUT2D eigenvalue weighted by molar-refractivity contribution is 0.436. The fourth-order valence-electron chi connectivity index (χ4n) is 10.4. The topological polar surface area (TPSA) is 12.5 Å². The first-order valence-electron chi connectivity index (χ1n) is 21.2. The maximum absolute atomic E-state index is 6.63. The Morgan fingerprint density at radius 1 is 0.355 bits per heavy atom. The third-order valence-electron chi connectivity index (χ3n) is 13.1. The van der Waals surface area contributed by atoms with Crippen molar-refractivity contribution in [1.82, 2.24) is 0 Å². The average molecular weight is 808 g/mol. The molecular formula is C59H37NOS. The normalized spacial score (nSPS) is 13.1. The number of hydrogen-bond donors (Lipinski definition) is 0. The Balaban J connectivity index is 0.985. The zero-order valence-electron chi connectivity index (χ0n) is 33.6. The van der Waals surface area contributed by atoms with Gasteiger partial charge in [0.1, 0.15) is 11.5 Å². The number of thiophene rings is 1. The molecule has 0 amide bonds. The van der Waals surface area contributed by atoms with E-state index >= 15 is 0 Å². The van der Waals surface area contributed by atoms with Crippen LogP contribution >= 0.6 is 11.3 Å². The molecule has 0 radical (unpaired) electrons. The molecule has 1 aliphatic heterocycles. The summed E-state index contributed by atoms with van der Waals surface area (Å²) in [6.07, 6.45) is 0. The van der Waals surface area contributed by atoms with Crippen molar-refractivity contribution in [3.8, 4) is 44.9 Å². The second-order valence-electron chi connectivity index (χ2n) is 16.4. The minimum Gasteiger partial charge on any atom is -0.457 e. The zero-order valence-corrected chi connectivity index (χ0v) is 34.4. The number of rotatable bonds is 5. The molecule has 1 spiro atoms. The summed E-state index contributed by atoms with van der Waals surface area (Å²) in [7, 11) is 0. The van der Waals surface area contributed by atoms with Gasteiger partial charge in [0.05, 0.1) is 5.41 Å². The average Bonchev–Trinajstić information content (AvgIpc) is 3.86. The van der Waals surface area contributed by atoms with E-state index in [0.29, 0.717) is 0 Å². The molecule has 11 aromatic rings. The maximum atomic E-state index is 6.63. The van der Waals surface area contributed by atoms with E-state index < -0.39 is 5.41 Å². The molecule has 0 fully saturated rings. The Morgan fingerprint density at radius 3 is 1.77 bits per heavy atom. The molecule has 1 aromatic heterocycles. The molecule has 13 rings (SSSR count). The molecule has 0 saturated heterocycles. The van der Waals surface area contributed by atoms with Gasteiger partial charge in [-0.25, -0.2) is 0 Å². The summed E-state index contributed by atoms with van der Waals surface area (Å²) >= 11 is 1.88. The molecule has 290 valence electrons. The number of hydrogen-bond acceptors (Lipinski definition) is 3. The van der Waals surface area contributed by atoms with Gasteiger partial charge in [0.25, 0.3) is 0 Å². The van der Waals surface area contributed by atoms with E-state index in [0.717, 1.165) is 34.1 Å². The number of nitrogens with zero attached hydrogens (tertiary/aromatic N) is 1. The molecule has 2 nitrogen and oxygen atoms in total. The number of benzene rings is 10. The van der Waals surface area contributed by atoms with Crippen LogP contribution in [0, 0.1) is 0 Å². The lowest BCUT2D eigenvalue weighted by Gasteiger charge is -2.39. The van der Waals surface area contributed by atoms with Crippen LogP contribution in [-0.4, -0.2) is 0 Å². The monoisotopic (exact) mass is 807 g/mol. The van der Waals surface area contributed by atoms with Crippen LogP contribution in [0.2, 0.25) is 0 Å². The summed E-state index contributed by atoms with van der Waals surface area (Å²) in [5.41, 5.74) is 15.0. The molecule has 2 heterocycles. The summed E-state index contributed by atoms with van der Waals surface area (Å²) < 4.78 is 9.24. The minimum absolute atomic E-state index is 0.525. The van der Waals surface area contributed by atoms with E-state index in [-0.39, 0.29) is 0 Å². The SMILES string of the molecule is c1ccc(-c2ccc(N(c3cccc(-c4ccc5c(c4)C4(c6ccccc6Oc6ccccc64)c4ccccc4-5)c3)c3ccc4c(c3)sc3c5ccccc5ccc43)cc2)cc1. The van der Waals surface area contributed by atoms with Gasteiger partial charge in [0, 0.05) is 48.4 Å². The van der Waals surface area contributed by atoms with Crippen molar-refractivity contribution in [3.05, 3.63) is 247 Å². The zero-order chi connectivity index (χ0) is 40.8. The van der Waals surface area contributed by atoms with Crippen molar-refractivity contribution in [1.29, 1.82) is 0 Å². The third-order valence-corrected chi connectivity index (χ3v) is 14.3. The predicted molar refractivity (Wildman–Crippen MR) is 260 cm³/mol. The quantitative estimate of drug-likeness (QED) is 0.172. The standard InChI is InChI=1S/C59H37NOS/c1-2-13-38(14-3-1)39-25-29-43(30-26-39)60(45-31-34-49-50-33-27-40-15-4-5-18-46(40)58(50)62-57(49)37-45)44-17-12-16-41(35-44)42-28-32-48-47-19-6-7-20-51(47)59(54(48)36-42)52-21-8-10-23-55(52)61-56-24-11-9-22-53(56)59/h1-37H. The highest BCUT2D eigenvalue weighted by Crippen LogP contribution is 2.62. The lowest BCUT2D eigenvalue weighted by Crippen LogP contribution is -2.32. The van der Waals surface area contributed by atoms with E-state index in [4.69, 9.17) is 4.74 Å². The maximum Gasteiger partial charge on any atom is 0.132 e. The Kier molecular flexibility index (Phi) is 7.72. The number of fused-ring (bicyclic) bond motifs is 14. The Hall–Kier alpha value is -7.72. The summed E-state index contributed by atoms with van der Waals surface area (Å²) in [6, 6.07) is 82.1. The van der Waals surface area contributed by atoms with Gasteiger partial charge in [-0.05, 0) is 110 Å². The van der Waals surface area contributed by atoms with Crippen LogP contribution in [0.1, 0.15) is 22.3 Å². The van der Waals surface area contributed by atoms with Crippen LogP contribution in [0.3, 0.4) is 0 Å². The first-order chi connectivity index (χ1) is 30.7. The molecule has 0 bridgehead atoms. The first-order valence-corrected chi connectivity index (χ1v) is 22.1. The van der Waals surface area contributed by atoms with Crippen LogP contribution in [0.5, 0.6) is 11.5 Å². The third kappa shape index (κ3) is 5.16. The van der Waals surface area contributed by atoms with Crippen molar-refractivity contribution in [3.63, 3.8) is 0 Å². The molecule has 0 saturated carbocycles. The summed E-state index contributed by atoms with van der Waals surface area (Å²) in [5.74, 6) is 1.80. The molecule has 3 heteroatoms. The van der Waals surface area contributed by atoms with Crippen LogP contribution in [-0.2, 0) is 5.41 Å². The van der Waals surface area contributed by atoms with Crippen molar-refractivity contribution in [2.45, 2.75) is 5.41 Å². The lowest BCUT2D eigenvalue weighted by atomic mass is 9.66. The van der Waals surface area contributed by atoms with Crippen molar-refractivity contribution in [2.75, 3.05) is 4.90 Å². The second kappa shape index (κ2) is 13.7. The summed E-state index contributed by atoms with van der Waals surface area (Å²) in [6.45, 7) is 0. The number of para-hydroxylation sites is 2. The van der Waals surface area contributed by atoms with Crippen LogP contribution in [0.4, 0.5) is 17.1 Å². The van der Waals surface area contributed by atoms with Gasteiger partial charge in [0.2, 0.25) is 0 Å². The largest absolute Gasteiger partial charge is 0.457 e. The second-order valence-corrected chi connectivity index (χ2v) is 17.4. The Labute approximate surface area is 364 Å². The Morgan fingerprint density at radius 2 is 0.952 bits per heavy atom. The molecule has 1 aliphatic carbocycles. The van der Waals surface area contributed by atoms with Crippen LogP contribution in [0.25, 0.3) is 64.3 Å². The molecule has 0 atom stereocenters. The van der Waals surface area contributed by atoms with Crippen molar-refractivity contribution >= 4 is 59.3 Å². The van der Waals surface area contributed by atoms with Crippen LogP contribution in [0.15, 0.2) is 224 Å². The highest BCUT2D eigenvalue weighted by Gasteiger charge is 2.51. The minimum atomic E-state index is -0.525. The van der Waals surface area contributed by atoms with Gasteiger partial charge in [-0.2, -0.15) is 0 Å². The molecule has 0 unspecified atom stereocenters. The van der Waals surface area contributed by atoms with E-state index in [2.05, 4.69) is 229 Å². The van der Waals surface area contributed by atoms with Gasteiger partial charge in [-0.15, -0.1) is 11.3 Å². The van der Waals surface area contributed by atoms with E-state index in [1.807, 2.05) is 11.3 Å². The molecule has 10 aromatic carbocycles. The molecule has 62 heavy (non-hydrogen) atoms. The predicted octanol–water partition coefficient (Wildman–Crippen LogP) is 16.5. The molecule has 2 aliphatic rings. The van der Waals surface area contributed by atoms with E-state index in [9.17, 15) is 0 Å². The summed E-state index contributed by atoms with van der Waals surface area (Å²) in [4.78, 5) is 2.41. The van der Waals surface area contributed by atoms with Gasteiger partial charge in [-0.3, -0.25) is 0 Å². The summed E-state index contributed by atoms with van der Waals surface area (Å²) in [5, 5.41) is 5.18. The van der Waals surface area contributed by atoms with Gasteiger partial charge in [-0.1, -0.05) is 170 Å². The van der Waals surface area contributed by atoms with Gasteiger partial charge < -0.3 is 9.64 Å².